The first-order valence-corrected chi connectivity index (χ1v) is 9.52. The lowest BCUT2D eigenvalue weighted by molar-refractivity contribution is 0.339. The number of allylic oxidation sites excluding steroid dienone is 2. The second kappa shape index (κ2) is 10.1. The van der Waals surface area contributed by atoms with Crippen LogP contribution in [-0.2, 0) is 13.1 Å². The summed E-state index contributed by atoms with van der Waals surface area (Å²) >= 11 is 0. The fourth-order valence-electron chi connectivity index (χ4n) is 3.21. The highest BCUT2D eigenvalue weighted by Crippen LogP contribution is 2.22. The van der Waals surface area contributed by atoms with E-state index in [0.29, 0.717) is 0 Å². The van der Waals surface area contributed by atoms with E-state index in [-0.39, 0.29) is 0 Å². The Morgan fingerprint density at radius 3 is 1.89 bits per heavy atom. The Morgan fingerprint density at radius 1 is 0.786 bits per heavy atom. The number of benzene rings is 3. The molecule has 3 rings (SSSR count). The lowest BCUT2D eigenvalue weighted by Crippen LogP contribution is -2.21. The first kappa shape index (κ1) is 19.4. The van der Waals surface area contributed by atoms with Gasteiger partial charge < -0.3 is 4.90 Å². The lowest BCUT2D eigenvalue weighted by atomic mass is 10.0. The zero-order valence-corrected chi connectivity index (χ0v) is 16.3. The molecule has 0 amide bonds. The minimum atomic E-state index is 0.825. The van der Waals surface area contributed by atoms with Gasteiger partial charge in [0.25, 0.3) is 0 Å². The first-order chi connectivity index (χ1) is 13.8. The van der Waals surface area contributed by atoms with Crippen molar-refractivity contribution in [3.05, 3.63) is 120 Å². The summed E-state index contributed by atoms with van der Waals surface area (Å²) in [5.41, 5.74) is 6.16. The summed E-state index contributed by atoms with van der Waals surface area (Å²) in [7, 11) is 0. The Hall–Kier alpha value is -3.39. The maximum atomic E-state index is 3.87. The van der Waals surface area contributed by atoms with Gasteiger partial charge >= 0.3 is 0 Å². The summed E-state index contributed by atoms with van der Waals surface area (Å²) in [4.78, 5) is 6.22. The molecule has 0 aliphatic carbocycles. The predicted molar refractivity (Wildman–Crippen MR) is 120 cm³/mol. The average molecular weight is 367 g/mol. The molecule has 3 aromatic rings. The van der Waals surface area contributed by atoms with Gasteiger partial charge in [0.15, 0.2) is 0 Å². The zero-order chi connectivity index (χ0) is 19.6. The normalized spacial score (nSPS) is 11.5. The summed E-state index contributed by atoms with van der Waals surface area (Å²) in [5, 5.41) is 0. The van der Waals surface area contributed by atoms with Crippen molar-refractivity contribution in [2.24, 2.45) is 4.99 Å². The maximum Gasteiger partial charge on any atom is 0.0433 e. The number of hydrogen-bond donors (Lipinski definition) is 0. The first-order valence-electron chi connectivity index (χ1n) is 9.52. The van der Waals surface area contributed by atoms with Crippen molar-refractivity contribution in [3.8, 4) is 11.1 Å². The second-order valence-corrected chi connectivity index (χ2v) is 6.62. The van der Waals surface area contributed by atoms with Crippen molar-refractivity contribution in [2.75, 3.05) is 0 Å². The molecule has 0 saturated carbocycles. The molecule has 0 aliphatic heterocycles. The van der Waals surface area contributed by atoms with E-state index in [2.05, 4.69) is 102 Å². The minimum Gasteiger partial charge on any atom is -0.363 e. The molecule has 2 nitrogen and oxygen atoms in total. The van der Waals surface area contributed by atoms with Crippen molar-refractivity contribution < 1.29 is 0 Å². The van der Waals surface area contributed by atoms with Gasteiger partial charge in [-0.3, -0.25) is 4.99 Å². The number of nitrogens with zero attached hydrogens (tertiary/aromatic N) is 2. The Balaban J connectivity index is 1.82. The smallest absolute Gasteiger partial charge is 0.0433 e. The van der Waals surface area contributed by atoms with E-state index >= 15 is 0 Å². The molecule has 0 bridgehead atoms. The van der Waals surface area contributed by atoms with Gasteiger partial charge in [0.1, 0.15) is 0 Å². The molecule has 0 radical (unpaired) electrons. The van der Waals surface area contributed by atoms with Crippen LogP contribution in [-0.4, -0.2) is 11.6 Å². The standard InChI is InChI=1S/C26H26N2/c1-3-26(18-19-27-2)28(20-22-10-6-4-7-11-22)21-23-14-16-25(17-15-23)24-12-8-5-9-13-24/h3-19H,2,20-21H2,1H3/b19-18-,26-3+. The van der Waals surface area contributed by atoms with Crippen LogP contribution in [0.5, 0.6) is 0 Å². The van der Waals surface area contributed by atoms with Crippen LogP contribution in [0.15, 0.2) is 114 Å². The van der Waals surface area contributed by atoms with Gasteiger partial charge in [-0.05, 0) is 42.0 Å². The van der Waals surface area contributed by atoms with Crippen LogP contribution in [0.4, 0.5) is 0 Å². The Labute approximate surface area is 168 Å². The largest absolute Gasteiger partial charge is 0.363 e. The van der Waals surface area contributed by atoms with Crippen LogP contribution in [0.1, 0.15) is 18.1 Å². The molecule has 0 heterocycles. The van der Waals surface area contributed by atoms with Gasteiger partial charge in [-0.2, -0.15) is 0 Å². The number of rotatable bonds is 8. The molecule has 0 saturated heterocycles. The molecule has 0 spiro atoms. The van der Waals surface area contributed by atoms with Crippen LogP contribution in [0.3, 0.4) is 0 Å². The van der Waals surface area contributed by atoms with Crippen LogP contribution >= 0.6 is 0 Å². The SMILES string of the molecule is C=N/C=C\C(=C/C)N(Cc1ccccc1)Cc1ccc(-c2ccccc2)cc1. The lowest BCUT2D eigenvalue weighted by Gasteiger charge is -2.26. The van der Waals surface area contributed by atoms with E-state index in [4.69, 9.17) is 0 Å². The summed E-state index contributed by atoms with van der Waals surface area (Å²) in [6.07, 6.45) is 5.86. The van der Waals surface area contributed by atoms with E-state index in [1.807, 2.05) is 18.2 Å². The molecule has 0 atom stereocenters. The van der Waals surface area contributed by atoms with Crippen LogP contribution in [0.2, 0.25) is 0 Å². The second-order valence-electron chi connectivity index (χ2n) is 6.62. The molecule has 28 heavy (non-hydrogen) atoms. The third-order valence-corrected chi connectivity index (χ3v) is 4.66. The molecule has 0 aromatic heterocycles. The molecule has 0 unspecified atom stereocenters. The highest BCUT2D eigenvalue weighted by Gasteiger charge is 2.09. The molecular weight excluding hydrogens is 340 g/mol. The van der Waals surface area contributed by atoms with Gasteiger partial charge in [-0.25, -0.2) is 0 Å². The quantitative estimate of drug-likeness (QED) is 0.329. The molecule has 140 valence electrons. The Bertz CT molecular complexity index is 923. The average Bonchev–Trinajstić information content (AvgIpc) is 2.76. The molecule has 3 aromatic carbocycles. The number of hydrogen-bond acceptors (Lipinski definition) is 2. The minimum absolute atomic E-state index is 0.825. The summed E-state index contributed by atoms with van der Waals surface area (Å²) < 4.78 is 0. The molecule has 2 heteroatoms. The highest BCUT2D eigenvalue weighted by atomic mass is 15.1. The van der Waals surface area contributed by atoms with E-state index < -0.39 is 0 Å². The molecule has 0 N–H and O–H groups in total. The van der Waals surface area contributed by atoms with Crippen molar-refractivity contribution in [1.82, 2.24) is 4.90 Å². The maximum absolute atomic E-state index is 3.87. The summed E-state index contributed by atoms with van der Waals surface area (Å²) in [6.45, 7) is 7.27. The van der Waals surface area contributed by atoms with Gasteiger partial charge in [0, 0.05) is 25.0 Å². The third kappa shape index (κ3) is 5.31. The topological polar surface area (TPSA) is 15.6 Å². The summed E-state index contributed by atoms with van der Waals surface area (Å²) in [5.74, 6) is 0. The highest BCUT2D eigenvalue weighted by molar-refractivity contribution is 5.63. The van der Waals surface area contributed by atoms with Gasteiger partial charge in [0.2, 0.25) is 0 Å². The molecular formula is C26H26N2. The van der Waals surface area contributed by atoms with Crippen LogP contribution in [0, 0.1) is 0 Å². The van der Waals surface area contributed by atoms with Gasteiger partial charge in [-0.1, -0.05) is 91.0 Å². The monoisotopic (exact) mass is 366 g/mol. The van der Waals surface area contributed by atoms with E-state index in [9.17, 15) is 0 Å². The molecule has 0 aliphatic rings. The number of aliphatic imine (C=N–C) groups is 1. The van der Waals surface area contributed by atoms with Crippen LogP contribution < -0.4 is 0 Å². The van der Waals surface area contributed by atoms with Crippen molar-refractivity contribution in [3.63, 3.8) is 0 Å². The van der Waals surface area contributed by atoms with Crippen LogP contribution in [0.25, 0.3) is 11.1 Å². The van der Waals surface area contributed by atoms with Crippen molar-refractivity contribution >= 4 is 6.72 Å². The Morgan fingerprint density at radius 2 is 1.32 bits per heavy atom. The van der Waals surface area contributed by atoms with E-state index in [0.717, 1.165) is 18.8 Å². The van der Waals surface area contributed by atoms with Gasteiger partial charge in [0.05, 0.1) is 0 Å². The third-order valence-electron chi connectivity index (χ3n) is 4.66. The van der Waals surface area contributed by atoms with E-state index in [1.54, 1.807) is 6.20 Å². The fraction of sp³-hybridized carbons (Fsp3) is 0.115. The fourth-order valence-corrected chi connectivity index (χ4v) is 3.21. The summed E-state index contributed by atoms with van der Waals surface area (Å²) in [6, 6.07) is 29.8. The Kier molecular flexibility index (Phi) is 6.97. The van der Waals surface area contributed by atoms with Crippen molar-refractivity contribution in [2.45, 2.75) is 20.0 Å². The molecule has 0 fully saturated rings. The van der Waals surface area contributed by atoms with Crippen molar-refractivity contribution in [1.29, 1.82) is 0 Å². The zero-order valence-electron chi connectivity index (χ0n) is 16.3. The predicted octanol–water partition coefficient (Wildman–Crippen LogP) is 6.47. The van der Waals surface area contributed by atoms with E-state index in [1.165, 1.54) is 22.3 Å². The van der Waals surface area contributed by atoms with Gasteiger partial charge in [-0.15, -0.1) is 0 Å².